The molecule has 0 bridgehead atoms. The smallest absolute Gasteiger partial charge is 0.209 e. The SMILES string of the molecule is CCN1C(=CC=C2CCCC(C=CC3=[N+](CC)c4ccccc4C3(C)C)=C2NC2CC(C)(C)N(O)C(C)(C)C2)C(C)(C)c2ccccc21. The number of hydrogen-bond donors (Lipinski definition) is 2. The standard InChI is InChI=1S/C43H58N4O/c1-11-45-35-22-15-13-20-33(35)42(7,8)37(45)26-24-30-18-17-19-31(39(30)44-32-28-40(3,4)47(48)41(5,6)29-32)25-27-38-43(9,10)34-21-14-16-23-36(34)46(38)12-2/h13-16,20-27,32,48H,11-12,17-19,28-29H2,1-10H3/p+1. The number of rotatable bonds is 7. The molecule has 1 fully saturated rings. The molecular weight excluding hydrogens is 589 g/mol. The molecule has 3 aliphatic heterocycles. The zero-order valence-electron chi connectivity index (χ0n) is 31.2. The number of hydrogen-bond acceptors (Lipinski definition) is 4. The Kier molecular flexibility index (Phi) is 8.96. The van der Waals surface area contributed by atoms with E-state index in [0.717, 1.165) is 45.2 Å². The van der Waals surface area contributed by atoms with Gasteiger partial charge >= 0.3 is 0 Å². The Hall–Kier alpha value is -3.41. The summed E-state index contributed by atoms with van der Waals surface area (Å²) in [5, 5.41) is 16.8. The Morgan fingerprint density at radius 2 is 1.46 bits per heavy atom. The topological polar surface area (TPSA) is 41.8 Å². The summed E-state index contributed by atoms with van der Waals surface area (Å²) in [6, 6.07) is 18.0. The number of anilines is 1. The lowest BCUT2D eigenvalue weighted by Gasteiger charge is -2.52. The van der Waals surface area contributed by atoms with Gasteiger partial charge in [-0.3, -0.25) is 0 Å². The number of allylic oxidation sites excluding steroid dienone is 7. The molecule has 2 aromatic carbocycles. The maximum absolute atomic E-state index is 11.1. The van der Waals surface area contributed by atoms with Crippen molar-refractivity contribution in [1.82, 2.24) is 10.4 Å². The Bertz CT molecular complexity index is 1710. The van der Waals surface area contributed by atoms with Crippen molar-refractivity contribution in [2.75, 3.05) is 18.0 Å². The highest BCUT2D eigenvalue weighted by molar-refractivity contribution is 6.03. The van der Waals surface area contributed by atoms with E-state index in [1.54, 1.807) is 5.06 Å². The van der Waals surface area contributed by atoms with Gasteiger partial charge in [-0.1, -0.05) is 62.4 Å². The van der Waals surface area contributed by atoms with E-state index in [1.165, 1.54) is 50.8 Å². The summed E-state index contributed by atoms with van der Waals surface area (Å²) in [5.74, 6) is 0. The van der Waals surface area contributed by atoms with Crippen LogP contribution in [-0.4, -0.2) is 50.8 Å². The van der Waals surface area contributed by atoms with Crippen LogP contribution in [0.1, 0.15) is 112 Å². The zero-order valence-corrected chi connectivity index (χ0v) is 31.2. The molecule has 0 unspecified atom stereocenters. The number of piperidine rings is 1. The number of para-hydroxylation sites is 2. The first-order valence-electron chi connectivity index (χ1n) is 18.3. The highest BCUT2D eigenvalue weighted by Gasteiger charge is 2.46. The van der Waals surface area contributed by atoms with Crippen molar-refractivity contribution < 1.29 is 9.78 Å². The molecule has 5 heteroatoms. The van der Waals surface area contributed by atoms with Crippen molar-refractivity contribution in [3.05, 3.63) is 107 Å². The summed E-state index contributed by atoms with van der Waals surface area (Å²) >= 11 is 0. The van der Waals surface area contributed by atoms with Gasteiger partial charge < -0.3 is 15.4 Å². The van der Waals surface area contributed by atoms with Crippen LogP contribution >= 0.6 is 0 Å². The molecule has 0 radical (unpaired) electrons. The summed E-state index contributed by atoms with van der Waals surface area (Å²) < 4.78 is 2.49. The molecular formula is C43H59N4O+. The molecule has 3 heterocycles. The van der Waals surface area contributed by atoms with Gasteiger partial charge in [0.15, 0.2) is 5.71 Å². The monoisotopic (exact) mass is 647 g/mol. The summed E-state index contributed by atoms with van der Waals surface area (Å²) in [6.07, 6.45) is 14.6. The molecule has 0 amide bonds. The first-order valence-corrected chi connectivity index (χ1v) is 18.3. The van der Waals surface area contributed by atoms with Gasteiger partial charge in [-0.25, -0.2) is 0 Å². The number of fused-ring (bicyclic) bond motifs is 2. The number of nitrogens with zero attached hydrogens (tertiary/aromatic N) is 3. The molecule has 2 N–H and O–H groups in total. The Morgan fingerprint density at radius 3 is 2.12 bits per heavy atom. The van der Waals surface area contributed by atoms with Gasteiger partial charge in [0, 0.05) is 63.9 Å². The summed E-state index contributed by atoms with van der Waals surface area (Å²) in [5.41, 5.74) is 11.4. The van der Waals surface area contributed by atoms with Crippen molar-refractivity contribution in [3.63, 3.8) is 0 Å². The van der Waals surface area contributed by atoms with E-state index >= 15 is 0 Å². The highest BCUT2D eigenvalue weighted by Crippen LogP contribution is 2.48. The van der Waals surface area contributed by atoms with Crippen LogP contribution in [0, 0.1) is 0 Å². The van der Waals surface area contributed by atoms with E-state index in [0.29, 0.717) is 0 Å². The summed E-state index contributed by atoms with van der Waals surface area (Å²) in [6.45, 7) is 24.5. The lowest BCUT2D eigenvalue weighted by molar-refractivity contribution is -0.433. The average molecular weight is 648 g/mol. The van der Waals surface area contributed by atoms with E-state index < -0.39 is 0 Å². The fraction of sp³-hybridized carbons (Fsp3) is 0.512. The molecule has 0 spiro atoms. The Balaban J connectivity index is 1.44. The Morgan fingerprint density at radius 1 is 0.812 bits per heavy atom. The molecule has 0 aromatic heterocycles. The molecule has 5 nitrogen and oxygen atoms in total. The Labute approximate surface area is 290 Å². The van der Waals surface area contributed by atoms with E-state index in [4.69, 9.17) is 0 Å². The maximum Gasteiger partial charge on any atom is 0.209 e. The van der Waals surface area contributed by atoms with Gasteiger partial charge in [0.2, 0.25) is 5.69 Å². The first-order chi connectivity index (χ1) is 22.6. The number of benzene rings is 2. The molecule has 48 heavy (non-hydrogen) atoms. The van der Waals surface area contributed by atoms with E-state index in [1.807, 2.05) is 0 Å². The minimum Gasteiger partial charge on any atom is -0.382 e. The van der Waals surface area contributed by atoms with E-state index in [-0.39, 0.29) is 27.9 Å². The van der Waals surface area contributed by atoms with E-state index in [2.05, 4.69) is 157 Å². The third-order valence-electron chi connectivity index (χ3n) is 11.6. The lowest BCUT2D eigenvalue weighted by atomic mass is 9.78. The second kappa shape index (κ2) is 12.5. The van der Waals surface area contributed by atoms with Crippen molar-refractivity contribution in [2.24, 2.45) is 0 Å². The zero-order chi connectivity index (χ0) is 34.6. The van der Waals surface area contributed by atoms with Gasteiger partial charge in [-0.15, -0.1) is 0 Å². The van der Waals surface area contributed by atoms with Crippen molar-refractivity contribution >= 4 is 17.1 Å². The van der Waals surface area contributed by atoms with Crippen LogP contribution in [0.2, 0.25) is 0 Å². The first kappa shape index (κ1) is 34.5. The lowest BCUT2D eigenvalue weighted by Crippen LogP contribution is -2.62. The van der Waals surface area contributed by atoms with Crippen LogP contribution in [0.3, 0.4) is 0 Å². The number of nitrogens with one attached hydrogen (secondary N) is 1. The van der Waals surface area contributed by atoms with Crippen LogP contribution in [0.5, 0.6) is 0 Å². The minimum absolute atomic E-state index is 0.0658. The second-order valence-electron chi connectivity index (χ2n) is 16.7. The maximum atomic E-state index is 11.1. The third kappa shape index (κ3) is 5.81. The van der Waals surface area contributed by atoms with Crippen LogP contribution in [0.15, 0.2) is 95.4 Å². The van der Waals surface area contributed by atoms with E-state index in [9.17, 15) is 5.21 Å². The average Bonchev–Trinajstić information content (AvgIpc) is 3.40. The predicted octanol–water partition coefficient (Wildman–Crippen LogP) is 9.71. The van der Waals surface area contributed by atoms with Gasteiger partial charge in [-0.05, 0) is 116 Å². The molecule has 1 aliphatic carbocycles. The van der Waals surface area contributed by atoms with Crippen molar-refractivity contribution in [3.8, 4) is 0 Å². The fourth-order valence-corrected chi connectivity index (χ4v) is 9.34. The number of hydroxylamine groups is 2. The van der Waals surface area contributed by atoms with Gasteiger partial charge in [0.1, 0.15) is 6.54 Å². The third-order valence-corrected chi connectivity index (χ3v) is 11.6. The summed E-state index contributed by atoms with van der Waals surface area (Å²) in [4.78, 5) is 2.49. The molecule has 6 rings (SSSR count). The van der Waals surface area contributed by atoms with Crippen LogP contribution in [0.25, 0.3) is 0 Å². The quantitative estimate of drug-likeness (QED) is 0.294. The second-order valence-corrected chi connectivity index (χ2v) is 16.7. The molecule has 256 valence electrons. The fourth-order valence-electron chi connectivity index (χ4n) is 9.34. The predicted molar refractivity (Wildman–Crippen MR) is 202 cm³/mol. The van der Waals surface area contributed by atoms with Gasteiger partial charge in [-0.2, -0.15) is 9.64 Å². The van der Waals surface area contributed by atoms with Crippen molar-refractivity contribution in [2.45, 2.75) is 129 Å². The molecule has 4 aliphatic rings. The molecule has 0 saturated carbocycles. The largest absolute Gasteiger partial charge is 0.382 e. The van der Waals surface area contributed by atoms with Crippen LogP contribution < -0.4 is 10.2 Å². The normalized spacial score (nSPS) is 25.0. The minimum atomic E-state index is -0.325. The highest BCUT2D eigenvalue weighted by atomic mass is 16.5. The number of likely N-dealkylation sites (N-methyl/N-ethyl adjacent to an activating group) is 1. The molecule has 1 saturated heterocycles. The van der Waals surface area contributed by atoms with Crippen LogP contribution in [-0.2, 0) is 10.8 Å². The summed E-state index contributed by atoms with van der Waals surface area (Å²) in [7, 11) is 0. The molecule has 2 aromatic rings. The molecule has 0 atom stereocenters. The van der Waals surface area contributed by atoms with Crippen LogP contribution in [0.4, 0.5) is 11.4 Å². The van der Waals surface area contributed by atoms with Gasteiger partial charge in [0.05, 0.1) is 5.41 Å². The van der Waals surface area contributed by atoms with Gasteiger partial charge in [0.25, 0.3) is 0 Å². The van der Waals surface area contributed by atoms with Crippen molar-refractivity contribution in [1.29, 1.82) is 0 Å².